The molecule has 0 radical (unpaired) electrons. The quantitative estimate of drug-likeness (QED) is 0.721. The molecule has 0 unspecified atom stereocenters. The third-order valence-corrected chi connectivity index (χ3v) is 5.02. The lowest BCUT2D eigenvalue weighted by molar-refractivity contribution is 0.690. The van der Waals surface area contributed by atoms with Crippen molar-refractivity contribution in [3.8, 4) is 0 Å². The average molecular weight is 296 g/mol. The van der Waals surface area contributed by atoms with E-state index in [1.165, 1.54) is 34.9 Å². The van der Waals surface area contributed by atoms with Crippen LogP contribution in [0.3, 0.4) is 0 Å². The van der Waals surface area contributed by atoms with Crippen LogP contribution in [0.25, 0.3) is 10.9 Å². The third-order valence-electron chi connectivity index (χ3n) is 4.28. The number of hydrogen-bond acceptors (Lipinski definition) is 2. The van der Waals surface area contributed by atoms with Crippen LogP contribution in [0.4, 0.5) is 0 Å². The van der Waals surface area contributed by atoms with Crippen molar-refractivity contribution in [2.45, 2.75) is 38.4 Å². The Morgan fingerprint density at radius 3 is 2.95 bits per heavy atom. The lowest BCUT2D eigenvalue weighted by Gasteiger charge is -2.08. The summed E-state index contributed by atoms with van der Waals surface area (Å²) in [5, 5.41) is 9.42. The van der Waals surface area contributed by atoms with Crippen LogP contribution in [-0.2, 0) is 19.5 Å². The molecule has 21 heavy (non-hydrogen) atoms. The molecule has 108 valence electrons. The van der Waals surface area contributed by atoms with E-state index >= 15 is 0 Å². The van der Waals surface area contributed by atoms with E-state index in [0.29, 0.717) is 0 Å². The second-order valence-electron chi connectivity index (χ2n) is 5.90. The van der Waals surface area contributed by atoms with Gasteiger partial charge >= 0.3 is 0 Å². The van der Waals surface area contributed by atoms with Crippen molar-refractivity contribution in [3.05, 3.63) is 58.4 Å². The standard InChI is InChI=1S/C18H20N2S/c1-2-15(12-19-16-4-5-16)17-7-10-20(18(17)3-1)9-6-14-8-11-21-13-14/h1-3,7-8,10-11,13,16,19H,4-6,9,12H2. The predicted molar refractivity (Wildman–Crippen MR) is 89.8 cm³/mol. The van der Waals surface area contributed by atoms with Crippen LogP contribution in [-0.4, -0.2) is 10.6 Å². The SMILES string of the molecule is c1cc(CNC2CC2)c2ccn(CCc3ccsc3)c2c1. The van der Waals surface area contributed by atoms with Gasteiger partial charge in [0.15, 0.2) is 0 Å². The van der Waals surface area contributed by atoms with Gasteiger partial charge in [-0.15, -0.1) is 0 Å². The molecular formula is C18H20N2S. The van der Waals surface area contributed by atoms with Crippen molar-refractivity contribution < 1.29 is 0 Å². The summed E-state index contributed by atoms with van der Waals surface area (Å²) in [6.07, 6.45) is 6.03. The van der Waals surface area contributed by atoms with E-state index in [1.54, 1.807) is 11.3 Å². The summed E-state index contributed by atoms with van der Waals surface area (Å²) in [4.78, 5) is 0. The minimum absolute atomic E-state index is 0.765. The van der Waals surface area contributed by atoms with Crippen LogP contribution in [0.5, 0.6) is 0 Å². The fraction of sp³-hybridized carbons (Fsp3) is 0.333. The Kier molecular flexibility index (Phi) is 3.53. The van der Waals surface area contributed by atoms with Crippen molar-refractivity contribution in [2.75, 3.05) is 0 Å². The Balaban J connectivity index is 1.54. The zero-order valence-electron chi connectivity index (χ0n) is 12.1. The molecule has 0 spiro atoms. The zero-order chi connectivity index (χ0) is 14.1. The molecule has 0 aliphatic heterocycles. The number of aromatic nitrogens is 1. The number of rotatable bonds is 6. The third kappa shape index (κ3) is 2.89. The second-order valence-corrected chi connectivity index (χ2v) is 6.68. The van der Waals surface area contributed by atoms with Crippen LogP contribution in [0.15, 0.2) is 47.3 Å². The maximum Gasteiger partial charge on any atom is 0.0483 e. The Bertz CT molecular complexity index is 723. The van der Waals surface area contributed by atoms with E-state index in [0.717, 1.165) is 25.6 Å². The Hall–Kier alpha value is -1.58. The van der Waals surface area contributed by atoms with Crippen molar-refractivity contribution in [1.29, 1.82) is 0 Å². The van der Waals surface area contributed by atoms with Crippen LogP contribution >= 0.6 is 11.3 Å². The molecule has 1 saturated carbocycles. The molecule has 2 aromatic heterocycles. The van der Waals surface area contributed by atoms with Crippen molar-refractivity contribution in [1.82, 2.24) is 9.88 Å². The number of hydrogen-bond donors (Lipinski definition) is 1. The molecule has 1 aliphatic rings. The molecule has 1 N–H and O–H groups in total. The first-order valence-electron chi connectivity index (χ1n) is 7.71. The Morgan fingerprint density at radius 1 is 1.19 bits per heavy atom. The van der Waals surface area contributed by atoms with Gasteiger partial charge in [-0.25, -0.2) is 0 Å². The van der Waals surface area contributed by atoms with Gasteiger partial charge in [-0.05, 0) is 59.3 Å². The normalized spacial score (nSPS) is 14.9. The van der Waals surface area contributed by atoms with Gasteiger partial charge in [0, 0.05) is 36.2 Å². The van der Waals surface area contributed by atoms with Crippen LogP contribution in [0.1, 0.15) is 24.0 Å². The first kappa shape index (κ1) is 13.1. The summed E-state index contributed by atoms with van der Waals surface area (Å²) in [5.41, 5.74) is 4.22. The highest BCUT2D eigenvalue weighted by molar-refractivity contribution is 7.07. The Morgan fingerprint density at radius 2 is 2.14 bits per heavy atom. The molecule has 1 fully saturated rings. The molecule has 0 bridgehead atoms. The van der Waals surface area contributed by atoms with Gasteiger partial charge in [0.25, 0.3) is 0 Å². The first-order chi connectivity index (χ1) is 10.4. The monoisotopic (exact) mass is 296 g/mol. The maximum atomic E-state index is 3.62. The number of thiophene rings is 1. The number of benzene rings is 1. The van der Waals surface area contributed by atoms with Gasteiger partial charge in [0.2, 0.25) is 0 Å². The first-order valence-corrected chi connectivity index (χ1v) is 8.65. The molecular weight excluding hydrogens is 276 g/mol. The fourth-order valence-corrected chi connectivity index (χ4v) is 3.57. The number of nitrogens with one attached hydrogen (secondary N) is 1. The average Bonchev–Trinajstić information content (AvgIpc) is 3.01. The van der Waals surface area contributed by atoms with Crippen LogP contribution in [0.2, 0.25) is 0 Å². The molecule has 2 heterocycles. The number of aryl methyl sites for hydroxylation is 2. The molecule has 3 heteroatoms. The molecule has 0 saturated heterocycles. The van der Waals surface area contributed by atoms with Gasteiger partial charge in [-0.2, -0.15) is 11.3 Å². The van der Waals surface area contributed by atoms with E-state index in [1.807, 2.05) is 0 Å². The topological polar surface area (TPSA) is 17.0 Å². The number of fused-ring (bicyclic) bond motifs is 1. The van der Waals surface area contributed by atoms with Gasteiger partial charge in [0.05, 0.1) is 0 Å². The number of nitrogens with zero attached hydrogens (tertiary/aromatic N) is 1. The summed E-state index contributed by atoms with van der Waals surface area (Å²) in [6, 6.07) is 11.9. The lowest BCUT2D eigenvalue weighted by Crippen LogP contribution is -2.15. The summed E-state index contributed by atoms with van der Waals surface area (Å²) >= 11 is 1.78. The summed E-state index contributed by atoms with van der Waals surface area (Å²) in [7, 11) is 0. The summed E-state index contributed by atoms with van der Waals surface area (Å²) in [6.45, 7) is 2.05. The van der Waals surface area contributed by atoms with Crippen molar-refractivity contribution in [3.63, 3.8) is 0 Å². The fourth-order valence-electron chi connectivity index (χ4n) is 2.86. The second kappa shape index (κ2) is 5.66. The minimum atomic E-state index is 0.765. The lowest BCUT2D eigenvalue weighted by atomic mass is 10.1. The van der Waals surface area contributed by atoms with E-state index in [9.17, 15) is 0 Å². The molecule has 0 atom stereocenters. The smallest absolute Gasteiger partial charge is 0.0483 e. The maximum absolute atomic E-state index is 3.62. The van der Waals surface area contributed by atoms with E-state index in [4.69, 9.17) is 0 Å². The highest BCUT2D eigenvalue weighted by atomic mass is 32.1. The van der Waals surface area contributed by atoms with Gasteiger partial charge in [-0.3, -0.25) is 0 Å². The molecule has 3 aromatic rings. The van der Waals surface area contributed by atoms with E-state index in [-0.39, 0.29) is 0 Å². The summed E-state index contributed by atoms with van der Waals surface area (Å²) < 4.78 is 2.38. The molecule has 4 rings (SSSR count). The van der Waals surface area contributed by atoms with Gasteiger partial charge in [-0.1, -0.05) is 12.1 Å². The van der Waals surface area contributed by atoms with Crippen molar-refractivity contribution >= 4 is 22.2 Å². The highest BCUT2D eigenvalue weighted by Gasteiger charge is 2.20. The zero-order valence-corrected chi connectivity index (χ0v) is 12.9. The van der Waals surface area contributed by atoms with E-state index in [2.05, 4.69) is 57.2 Å². The molecule has 0 amide bonds. The molecule has 1 aliphatic carbocycles. The minimum Gasteiger partial charge on any atom is -0.347 e. The molecule has 1 aromatic carbocycles. The highest BCUT2D eigenvalue weighted by Crippen LogP contribution is 2.23. The van der Waals surface area contributed by atoms with Crippen LogP contribution in [0, 0.1) is 0 Å². The molecule has 2 nitrogen and oxygen atoms in total. The Labute approximate surface area is 129 Å². The van der Waals surface area contributed by atoms with Gasteiger partial charge < -0.3 is 9.88 Å². The van der Waals surface area contributed by atoms with Gasteiger partial charge in [0.1, 0.15) is 0 Å². The largest absolute Gasteiger partial charge is 0.347 e. The van der Waals surface area contributed by atoms with Crippen LogP contribution < -0.4 is 5.32 Å². The summed E-state index contributed by atoms with van der Waals surface area (Å²) in [5.74, 6) is 0. The predicted octanol–water partition coefficient (Wildman–Crippen LogP) is 4.20. The van der Waals surface area contributed by atoms with Crippen molar-refractivity contribution in [2.24, 2.45) is 0 Å². The van der Waals surface area contributed by atoms with E-state index < -0.39 is 0 Å².